The molecule has 0 atom stereocenters. The molecule has 0 aliphatic heterocycles. The van der Waals surface area contributed by atoms with Crippen LogP contribution in [0.1, 0.15) is 42.2 Å². The molecule has 1 aromatic heterocycles. The highest BCUT2D eigenvalue weighted by Crippen LogP contribution is 2.24. The second kappa shape index (κ2) is 8.15. The quantitative estimate of drug-likeness (QED) is 0.603. The van der Waals surface area contributed by atoms with Crippen LogP contribution in [-0.2, 0) is 5.88 Å². The van der Waals surface area contributed by atoms with Crippen molar-refractivity contribution < 1.29 is 4.79 Å². The van der Waals surface area contributed by atoms with Gasteiger partial charge in [-0.2, -0.15) is 0 Å². The van der Waals surface area contributed by atoms with Gasteiger partial charge in [0.2, 0.25) is 0 Å². The summed E-state index contributed by atoms with van der Waals surface area (Å²) in [6.45, 7) is 2.88. The second-order valence-corrected chi connectivity index (χ2v) is 5.94. The first-order valence-corrected chi connectivity index (χ1v) is 8.55. The van der Waals surface area contributed by atoms with Crippen LogP contribution in [0.4, 0.5) is 0 Å². The first-order valence-electron chi connectivity index (χ1n) is 7.13. The minimum absolute atomic E-state index is 0.0155. The predicted molar refractivity (Wildman–Crippen MR) is 89.0 cm³/mol. The maximum absolute atomic E-state index is 12.0. The highest BCUT2D eigenvalue weighted by Gasteiger charge is 2.07. The molecular weight excluding hydrogens is 304 g/mol. The minimum atomic E-state index is -0.0155. The Kier molecular flexibility index (Phi) is 6.21. The monoisotopic (exact) mass is 322 g/mol. The number of aromatic nitrogens is 1. The van der Waals surface area contributed by atoms with Gasteiger partial charge in [0.1, 0.15) is 5.01 Å². The van der Waals surface area contributed by atoms with Crippen molar-refractivity contribution in [2.75, 3.05) is 6.54 Å². The maximum Gasteiger partial charge on any atom is 0.251 e. The molecule has 0 bridgehead atoms. The topological polar surface area (TPSA) is 42.0 Å². The highest BCUT2D eigenvalue weighted by atomic mass is 35.5. The average molecular weight is 323 g/mol. The lowest BCUT2D eigenvalue weighted by atomic mass is 10.1. The van der Waals surface area contributed by atoms with E-state index in [0.29, 0.717) is 11.4 Å². The normalized spacial score (nSPS) is 10.6. The number of nitrogens with one attached hydrogen (secondary N) is 1. The fraction of sp³-hybridized carbons (Fsp3) is 0.375. The Morgan fingerprint density at radius 2 is 2.05 bits per heavy atom. The van der Waals surface area contributed by atoms with Crippen LogP contribution in [0, 0.1) is 0 Å². The van der Waals surface area contributed by atoms with Crippen LogP contribution < -0.4 is 5.32 Å². The number of benzene rings is 1. The summed E-state index contributed by atoms with van der Waals surface area (Å²) in [6.07, 6.45) is 3.33. The lowest BCUT2D eigenvalue weighted by molar-refractivity contribution is 0.0953. The largest absolute Gasteiger partial charge is 0.352 e. The van der Waals surface area contributed by atoms with E-state index in [9.17, 15) is 4.79 Å². The van der Waals surface area contributed by atoms with Crippen molar-refractivity contribution in [2.45, 2.75) is 32.1 Å². The molecule has 1 N–H and O–H groups in total. The van der Waals surface area contributed by atoms with Crippen molar-refractivity contribution in [1.82, 2.24) is 10.3 Å². The number of nitrogens with zero attached hydrogens (tertiary/aromatic N) is 1. The summed E-state index contributed by atoms with van der Waals surface area (Å²) >= 11 is 7.32. The van der Waals surface area contributed by atoms with Crippen molar-refractivity contribution in [1.29, 1.82) is 0 Å². The van der Waals surface area contributed by atoms with Crippen molar-refractivity contribution in [3.8, 4) is 10.6 Å². The van der Waals surface area contributed by atoms with E-state index in [1.54, 1.807) is 11.3 Å². The van der Waals surface area contributed by atoms with E-state index in [0.717, 1.165) is 42.1 Å². The van der Waals surface area contributed by atoms with Crippen LogP contribution in [0.3, 0.4) is 0 Å². The molecule has 5 heteroatoms. The summed E-state index contributed by atoms with van der Waals surface area (Å²) in [5.74, 6) is 0.410. The van der Waals surface area contributed by atoms with Gasteiger partial charge in [-0.15, -0.1) is 22.9 Å². The molecular formula is C16H19ClN2OS. The zero-order valence-corrected chi connectivity index (χ0v) is 13.6. The Hall–Kier alpha value is -1.39. The van der Waals surface area contributed by atoms with Crippen molar-refractivity contribution >= 4 is 28.8 Å². The minimum Gasteiger partial charge on any atom is -0.352 e. The molecule has 3 nitrogen and oxygen atoms in total. The fourth-order valence-electron chi connectivity index (χ4n) is 1.94. The van der Waals surface area contributed by atoms with E-state index in [-0.39, 0.29) is 5.91 Å². The van der Waals surface area contributed by atoms with E-state index in [1.165, 1.54) is 0 Å². The van der Waals surface area contributed by atoms with E-state index in [2.05, 4.69) is 17.2 Å². The molecule has 2 aromatic rings. The molecule has 0 spiro atoms. The Labute approximate surface area is 134 Å². The zero-order chi connectivity index (χ0) is 15.1. The molecule has 0 aliphatic rings. The summed E-state index contributed by atoms with van der Waals surface area (Å²) in [5.41, 5.74) is 2.58. The number of hydrogen-bond acceptors (Lipinski definition) is 3. The zero-order valence-electron chi connectivity index (χ0n) is 12.1. The van der Waals surface area contributed by atoms with Gasteiger partial charge in [-0.05, 0) is 18.6 Å². The van der Waals surface area contributed by atoms with Gasteiger partial charge in [0, 0.05) is 23.1 Å². The van der Waals surface area contributed by atoms with Crippen LogP contribution in [0.5, 0.6) is 0 Å². The third kappa shape index (κ3) is 4.55. The molecule has 1 heterocycles. The van der Waals surface area contributed by atoms with Crippen LogP contribution >= 0.6 is 22.9 Å². The number of carbonyl (C=O) groups is 1. The Morgan fingerprint density at radius 1 is 1.29 bits per heavy atom. The number of carbonyl (C=O) groups excluding carboxylic acids is 1. The van der Waals surface area contributed by atoms with Crippen LogP contribution in [0.25, 0.3) is 10.6 Å². The fourth-order valence-corrected chi connectivity index (χ4v) is 3.00. The van der Waals surface area contributed by atoms with Crippen molar-refractivity contribution in [3.05, 3.63) is 40.9 Å². The second-order valence-electron chi connectivity index (χ2n) is 4.82. The Balaban J connectivity index is 1.96. The number of rotatable bonds is 7. The number of alkyl halides is 1. The van der Waals surface area contributed by atoms with E-state index >= 15 is 0 Å². The number of hydrogen-bond donors (Lipinski definition) is 1. The lowest BCUT2D eigenvalue weighted by Crippen LogP contribution is -2.24. The third-order valence-corrected chi connectivity index (χ3v) is 4.36. The number of halogens is 1. The van der Waals surface area contributed by atoms with Gasteiger partial charge >= 0.3 is 0 Å². The van der Waals surface area contributed by atoms with Crippen molar-refractivity contribution in [3.63, 3.8) is 0 Å². The molecule has 21 heavy (non-hydrogen) atoms. The van der Waals surface area contributed by atoms with E-state index in [4.69, 9.17) is 11.6 Å². The lowest BCUT2D eigenvalue weighted by Gasteiger charge is -2.05. The number of thiazole rings is 1. The third-order valence-electron chi connectivity index (χ3n) is 3.15. The maximum atomic E-state index is 12.0. The van der Waals surface area contributed by atoms with Gasteiger partial charge in [-0.25, -0.2) is 4.98 Å². The highest BCUT2D eigenvalue weighted by molar-refractivity contribution is 7.13. The molecule has 0 fully saturated rings. The van der Waals surface area contributed by atoms with Gasteiger partial charge in [0.15, 0.2) is 0 Å². The molecule has 0 unspecified atom stereocenters. The summed E-state index contributed by atoms with van der Waals surface area (Å²) in [6, 6.07) is 7.54. The van der Waals surface area contributed by atoms with Gasteiger partial charge in [0.05, 0.1) is 11.6 Å². The molecule has 1 aromatic carbocycles. The smallest absolute Gasteiger partial charge is 0.251 e. The van der Waals surface area contributed by atoms with Gasteiger partial charge in [-0.3, -0.25) is 4.79 Å². The molecule has 0 saturated heterocycles. The summed E-state index contributed by atoms with van der Waals surface area (Å²) < 4.78 is 0. The Morgan fingerprint density at radius 3 is 2.67 bits per heavy atom. The van der Waals surface area contributed by atoms with Crippen LogP contribution in [0.2, 0.25) is 0 Å². The summed E-state index contributed by atoms with van der Waals surface area (Å²) in [7, 11) is 0. The number of unbranched alkanes of at least 4 members (excludes halogenated alkanes) is 2. The summed E-state index contributed by atoms with van der Waals surface area (Å²) in [4.78, 5) is 16.4. The molecule has 112 valence electrons. The molecule has 0 saturated carbocycles. The van der Waals surface area contributed by atoms with Gasteiger partial charge in [0.25, 0.3) is 5.91 Å². The SMILES string of the molecule is CCCCCNC(=O)c1ccc(-c2nc(CCl)cs2)cc1. The van der Waals surface area contributed by atoms with E-state index in [1.807, 2.05) is 29.6 Å². The average Bonchev–Trinajstić information content (AvgIpc) is 3.00. The Bertz CT molecular complexity index is 580. The molecule has 0 aliphatic carbocycles. The van der Waals surface area contributed by atoms with Crippen molar-refractivity contribution in [2.24, 2.45) is 0 Å². The predicted octanol–water partition coefficient (Wildman–Crippen LogP) is 4.47. The molecule has 1 amide bonds. The summed E-state index contributed by atoms with van der Waals surface area (Å²) in [5, 5.41) is 5.82. The number of amides is 1. The van der Waals surface area contributed by atoms with Crippen LogP contribution in [-0.4, -0.2) is 17.4 Å². The first-order chi connectivity index (χ1) is 10.2. The van der Waals surface area contributed by atoms with Gasteiger partial charge in [-0.1, -0.05) is 31.9 Å². The van der Waals surface area contributed by atoms with Gasteiger partial charge < -0.3 is 5.32 Å². The first kappa shape index (κ1) is 16.0. The standard InChI is InChI=1S/C16H19ClN2OS/c1-2-3-4-9-18-15(20)12-5-7-13(8-6-12)16-19-14(10-17)11-21-16/h5-8,11H,2-4,9-10H2,1H3,(H,18,20). The van der Waals surface area contributed by atoms with E-state index < -0.39 is 0 Å². The molecule has 0 radical (unpaired) electrons. The molecule has 2 rings (SSSR count). The van der Waals surface area contributed by atoms with Crippen LogP contribution in [0.15, 0.2) is 29.6 Å².